The molecule has 0 aromatic carbocycles. The Balaban J connectivity index is 2.01. The van der Waals surface area contributed by atoms with Crippen molar-refractivity contribution in [1.82, 2.24) is 15.3 Å². The first-order valence-electron chi connectivity index (χ1n) is 7.62. The molecule has 1 aliphatic heterocycles. The van der Waals surface area contributed by atoms with Crippen molar-refractivity contribution in [3.05, 3.63) is 18.1 Å². The third-order valence-corrected chi connectivity index (χ3v) is 3.86. The highest BCUT2D eigenvalue weighted by molar-refractivity contribution is 5.86. The molecule has 1 aliphatic rings. The quantitative estimate of drug-likeness (QED) is 0.803. The molecule has 2 N–H and O–H groups in total. The third kappa shape index (κ3) is 4.40. The summed E-state index contributed by atoms with van der Waals surface area (Å²) in [5, 5.41) is 6.28. The lowest BCUT2D eigenvalue weighted by molar-refractivity contribution is -0.123. The van der Waals surface area contributed by atoms with Crippen molar-refractivity contribution in [2.45, 2.75) is 51.6 Å². The van der Waals surface area contributed by atoms with E-state index in [2.05, 4.69) is 25.3 Å². The highest BCUT2D eigenvalue weighted by Crippen LogP contribution is 2.31. The van der Waals surface area contributed by atoms with Crippen LogP contribution in [0.25, 0.3) is 0 Å². The molecule has 1 atom stereocenters. The Morgan fingerprint density at radius 2 is 2.13 bits per heavy atom. The van der Waals surface area contributed by atoms with Crippen molar-refractivity contribution >= 4 is 17.7 Å². The number of carbonyl (C=O) groups excluding carboxylic acids is 2. The minimum Gasteiger partial charge on any atom is -0.464 e. The van der Waals surface area contributed by atoms with Crippen LogP contribution in [0.4, 0.5) is 5.82 Å². The predicted octanol–water partition coefficient (Wildman–Crippen LogP) is 1.76. The molecule has 1 fully saturated rings. The number of aromatic nitrogens is 2. The molecule has 0 spiro atoms. The first-order chi connectivity index (χ1) is 10.6. The highest BCUT2D eigenvalue weighted by Gasteiger charge is 2.40. The molecule has 1 unspecified atom stereocenters. The zero-order chi connectivity index (χ0) is 17.3. The predicted molar refractivity (Wildman–Crippen MR) is 86.0 cm³/mol. The van der Waals surface area contributed by atoms with Gasteiger partial charge in [-0.1, -0.05) is 0 Å². The third-order valence-electron chi connectivity index (χ3n) is 3.86. The van der Waals surface area contributed by atoms with Crippen molar-refractivity contribution in [1.29, 1.82) is 0 Å². The van der Waals surface area contributed by atoms with E-state index >= 15 is 0 Å². The van der Waals surface area contributed by atoms with Crippen molar-refractivity contribution in [2.75, 3.05) is 12.4 Å². The Bertz CT molecular complexity index is 596. The molecule has 1 amide bonds. The van der Waals surface area contributed by atoms with Gasteiger partial charge in [-0.05, 0) is 40.5 Å². The van der Waals surface area contributed by atoms with E-state index in [1.54, 1.807) is 0 Å². The van der Waals surface area contributed by atoms with Crippen LogP contribution in [0.2, 0.25) is 0 Å². The molecule has 23 heavy (non-hydrogen) atoms. The van der Waals surface area contributed by atoms with Gasteiger partial charge in [-0.3, -0.25) is 4.79 Å². The molecular weight excluding hydrogens is 296 g/mol. The van der Waals surface area contributed by atoms with E-state index < -0.39 is 5.97 Å². The fraction of sp³-hybridized carbons (Fsp3) is 0.625. The van der Waals surface area contributed by atoms with Crippen LogP contribution in [0.15, 0.2) is 12.4 Å². The smallest absolute Gasteiger partial charge is 0.358 e. The normalized spacial score (nSPS) is 20.0. The maximum absolute atomic E-state index is 12.1. The Morgan fingerprint density at radius 3 is 2.61 bits per heavy atom. The SMILES string of the molecule is COC(=O)c1cnc(NC(C)(C)CC2CC(C)(C)NC2=O)cn1. The van der Waals surface area contributed by atoms with Crippen molar-refractivity contribution in [2.24, 2.45) is 5.92 Å². The van der Waals surface area contributed by atoms with Gasteiger partial charge in [0.15, 0.2) is 5.69 Å². The Labute approximate surface area is 136 Å². The van der Waals surface area contributed by atoms with Crippen molar-refractivity contribution in [3.63, 3.8) is 0 Å². The van der Waals surface area contributed by atoms with E-state index in [1.807, 2.05) is 27.7 Å². The van der Waals surface area contributed by atoms with Crippen LogP contribution >= 0.6 is 0 Å². The largest absolute Gasteiger partial charge is 0.464 e. The van der Waals surface area contributed by atoms with Crippen LogP contribution in [-0.4, -0.2) is 40.0 Å². The number of nitrogens with zero attached hydrogens (tertiary/aromatic N) is 2. The second kappa shape index (κ2) is 6.14. The van der Waals surface area contributed by atoms with Gasteiger partial charge in [0.1, 0.15) is 5.82 Å². The summed E-state index contributed by atoms with van der Waals surface area (Å²) < 4.78 is 4.59. The lowest BCUT2D eigenvalue weighted by Crippen LogP contribution is -2.36. The molecule has 126 valence electrons. The summed E-state index contributed by atoms with van der Waals surface area (Å²) in [5.74, 6) is 0.0975. The number of esters is 1. The van der Waals surface area contributed by atoms with Crippen LogP contribution in [-0.2, 0) is 9.53 Å². The van der Waals surface area contributed by atoms with Gasteiger partial charge in [-0.2, -0.15) is 0 Å². The molecule has 2 heterocycles. The first-order valence-corrected chi connectivity index (χ1v) is 7.62. The van der Waals surface area contributed by atoms with E-state index in [0.29, 0.717) is 12.2 Å². The van der Waals surface area contributed by atoms with E-state index in [9.17, 15) is 9.59 Å². The van der Waals surface area contributed by atoms with E-state index in [4.69, 9.17) is 0 Å². The molecule has 0 radical (unpaired) electrons. The summed E-state index contributed by atoms with van der Waals surface area (Å²) in [6.45, 7) is 8.09. The summed E-state index contributed by atoms with van der Waals surface area (Å²) in [6.07, 6.45) is 4.36. The lowest BCUT2D eigenvalue weighted by Gasteiger charge is -2.29. The summed E-state index contributed by atoms with van der Waals surface area (Å²) in [4.78, 5) is 31.6. The molecule has 0 bridgehead atoms. The Kier molecular flexibility index (Phi) is 4.58. The number of amides is 1. The fourth-order valence-corrected chi connectivity index (χ4v) is 2.98. The maximum Gasteiger partial charge on any atom is 0.358 e. The van der Waals surface area contributed by atoms with Gasteiger partial charge in [-0.25, -0.2) is 14.8 Å². The zero-order valence-electron chi connectivity index (χ0n) is 14.3. The van der Waals surface area contributed by atoms with Crippen LogP contribution in [0.5, 0.6) is 0 Å². The van der Waals surface area contributed by atoms with Crippen LogP contribution in [0, 0.1) is 5.92 Å². The first kappa shape index (κ1) is 17.2. The molecule has 0 saturated carbocycles. The highest BCUT2D eigenvalue weighted by atomic mass is 16.5. The number of hydrogen-bond donors (Lipinski definition) is 2. The number of carbonyl (C=O) groups is 2. The van der Waals surface area contributed by atoms with E-state index in [1.165, 1.54) is 19.5 Å². The molecule has 1 aromatic heterocycles. The van der Waals surface area contributed by atoms with Gasteiger partial charge < -0.3 is 15.4 Å². The monoisotopic (exact) mass is 320 g/mol. The topological polar surface area (TPSA) is 93.2 Å². The Hall–Kier alpha value is -2.18. The van der Waals surface area contributed by atoms with Crippen molar-refractivity contribution < 1.29 is 14.3 Å². The number of anilines is 1. The summed E-state index contributed by atoms with van der Waals surface area (Å²) in [7, 11) is 1.30. The van der Waals surface area contributed by atoms with Crippen LogP contribution < -0.4 is 10.6 Å². The molecule has 1 saturated heterocycles. The van der Waals surface area contributed by atoms with Gasteiger partial charge in [0.05, 0.1) is 19.5 Å². The van der Waals surface area contributed by atoms with Gasteiger partial charge in [0.25, 0.3) is 0 Å². The average Bonchev–Trinajstić information content (AvgIpc) is 2.70. The molecule has 7 heteroatoms. The van der Waals surface area contributed by atoms with Gasteiger partial charge in [-0.15, -0.1) is 0 Å². The number of nitrogens with one attached hydrogen (secondary N) is 2. The maximum atomic E-state index is 12.1. The summed E-state index contributed by atoms with van der Waals surface area (Å²) in [5.41, 5.74) is -0.322. The number of hydrogen-bond acceptors (Lipinski definition) is 6. The number of ether oxygens (including phenoxy) is 1. The van der Waals surface area contributed by atoms with E-state index in [0.717, 1.165) is 6.42 Å². The molecular formula is C16H24N4O3. The fourth-order valence-electron chi connectivity index (χ4n) is 2.98. The molecule has 2 rings (SSSR count). The van der Waals surface area contributed by atoms with Gasteiger partial charge in [0.2, 0.25) is 5.91 Å². The summed E-state index contributed by atoms with van der Waals surface area (Å²) in [6, 6.07) is 0. The van der Waals surface area contributed by atoms with Crippen molar-refractivity contribution in [3.8, 4) is 0 Å². The van der Waals surface area contributed by atoms with Crippen LogP contribution in [0.1, 0.15) is 51.0 Å². The molecule has 7 nitrogen and oxygen atoms in total. The Morgan fingerprint density at radius 1 is 1.43 bits per heavy atom. The lowest BCUT2D eigenvalue weighted by atomic mass is 9.86. The van der Waals surface area contributed by atoms with E-state index in [-0.39, 0.29) is 28.6 Å². The standard InChI is InChI=1S/C16H24N4O3/c1-15(2,6-10-7-16(3,4)20-13(10)21)19-12-9-17-11(8-18-12)14(22)23-5/h8-10H,6-7H2,1-5H3,(H,18,19)(H,20,21). The zero-order valence-corrected chi connectivity index (χ0v) is 14.3. The minimum atomic E-state index is -0.520. The van der Waals surface area contributed by atoms with Gasteiger partial charge in [0, 0.05) is 17.0 Å². The van der Waals surface area contributed by atoms with Gasteiger partial charge >= 0.3 is 5.97 Å². The second-order valence-corrected chi connectivity index (χ2v) is 7.27. The second-order valence-electron chi connectivity index (χ2n) is 7.27. The number of rotatable bonds is 5. The van der Waals surface area contributed by atoms with Crippen LogP contribution in [0.3, 0.4) is 0 Å². The minimum absolute atomic E-state index is 0.0326. The molecule has 0 aliphatic carbocycles. The number of methoxy groups -OCH3 is 1. The summed E-state index contributed by atoms with van der Waals surface area (Å²) >= 11 is 0. The average molecular weight is 320 g/mol. The molecule has 1 aromatic rings.